The van der Waals surface area contributed by atoms with Crippen LogP contribution in [0.4, 0.5) is 13.2 Å². The second-order valence-corrected chi connectivity index (χ2v) is 10.4. The van der Waals surface area contributed by atoms with Crippen LogP contribution in [0.15, 0.2) is 88.0 Å². The Morgan fingerprint density at radius 2 is 1.31 bits per heavy atom. The summed E-state index contributed by atoms with van der Waals surface area (Å²) in [6, 6.07) is 4.37. The lowest BCUT2D eigenvalue weighted by Crippen LogP contribution is -2.34. The van der Waals surface area contributed by atoms with E-state index in [0.29, 0.717) is 11.8 Å². The highest BCUT2D eigenvalue weighted by Crippen LogP contribution is 2.35. The summed E-state index contributed by atoms with van der Waals surface area (Å²) in [7, 11) is 0. The van der Waals surface area contributed by atoms with Crippen LogP contribution >= 0.6 is 0 Å². The molecule has 4 nitrogen and oxygen atoms in total. The Bertz CT molecular complexity index is 1190. The molecule has 0 saturated heterocycles. The minimum Gasteiger partial charge on any atom is -0.508 e. The molecule has 0 bridgehead atoms. The highest BCUT2D eigenvalue weighted by molar-refractivity contribution is 6.09. The number of Topliss-reactive ketones (excluding diaryl/α,β-unsaturated/α-hetero) is 1. The van der Waals surface area contributed by atoms with Crippen molar-refractivity contribution in [3.8, 4) is 0 Å². The molecule has 0 aliphatic carbocycles. The molecule has 0 radical (unpaired) electrons. The number of aliphatic hydroxyl groups is 2. The maximum Gasteiger partial charge on any atom is 0.416 e. The molecule has 0 spiro atoms. The number of aldehydes is 1. The lowest BCUT2D eigenvalue weighted by atomic mass is 9.74. The third-order valence-electron chi connectivity index (χ3n) is 6.11. The first-order valence-electron chi connectivity index (χ1n) is 12.6. The quantitative estimate of drug-likeness (QED) is 0.0687. The van der Waals surface area contributed by atoms with Gasteiger partial charge in [0.1, 0.15) is 17.8 Å². The minimum absolute atomic E-state index is 0.00658. The van der Waals surface area contributed by atoms with E-state index in [4.69, 9.17) is 0 Å². The Labute approximate surface area is 229 Å². The third kappa shape index (κ3) is 10.2. The fourth-order valence-corrected chi connectivity index (χ4v) is 3.53. The van der Waals surface area contributed by atoms with Crippen LogP contribution in [0.3, 0.4) is 0 Å². The minimum atomic E-state index is -4.46. The number of carbonyl (C=O) groups is 2. The molecule has 0 saturated carbocycles. The summed E-state index contributed by atoms with van der Waals surface area (Å²) in [5.41, 5.74) is 0.909. The lowest BCUT2D eigenvalue weighted by molar-refractivity contribution is -0.137. The van der Waals surface area contributed by atoms with Crippen LogP contribution < -0.4 is 0 Å². The number of allylic oxidation sites excluding steroid dienone is 9. The molecule has 0 heterocycles. The smallest absolute Gasteiger partial charge is 0.416 e. The molecule has 0 aliphatic heterocycles. The zero-order valence-electron chi connectivity index (χ0n) is 23.7. The number of hydrogen-bond acceptors (Lipinski definition) is 4. The average Bonchev–Trinajstić information content (AvgIpc) is 2.86. The standard InChI is InChI=1S/C32H39F3O4/c1-21(2)8-14-27(30(39)31(20-36,18-16-22(3)4)19-17-23(5)6)29(38)24(7)28(37)15-11-25-9-12-26(13-10-25)32(33,34)35/h8-13,15-17,20,37-38H,14,18-19H2,1-7H3/b15-11+,28-24-,29-27+. The third-order valence-corrected chi connectivity index (χ3v) is 6.11. The number of alkyl halides is 3. The summed E-state index contributed by atoms with van der Waals surface area (Å²) in [6.45, 7) is 12.6. The topological polar surface area (TPSA) is 74.6 Å². The summed E-state index contributed by atoms with van der Waals surface area (Å²) < 4.78 is 38.4. The first-order chi connectivity index (χ1) is 18.0. The molecular weight excluding hydrogens is 505 g/mol. The molecule has 2 N–H and O–H groups in total. The van der Waals surface area contributed by atoms with Crippen LogP contribution in [-0.4, -0.2) is 22.3 Å². The Morgan fingerprint density at radius 3 is 1.72 bits per heavy atom. The molecule has 0 atom stereocenters. The monoisotopic (exact) mass is 544 g/mol. The van der Waals surface area contributed by atoms with Crippen LogP contribution in [-0.2, 0) is 15.8 Å². The van der Waals surface area contributed by atoms with Gasteiger partial charge in [-0.3, -0.25) is 4.79 Å². The first kappa shape index (κ1) is 33.4. The molecular formula is C32H39F3O4. The number of halogens is 3. The van der Waals surface area contributed by atoms with E-state index in [0.717, 1.165) is 28.9 Å². The highest BCUT2D eigenvalue weighted by atomic mass is 19.4. The van der Waals surface area contributed by atoms with Crippen molar-refractivity contribution in [1.82, 2.24) is 0 Å². The first-order valence-corrected chi connectivity index (χ1v) is 12.6. The molecule has 1 rings (SSSR count). The number of carbonyl (C=O) groups excluding carboxylic acids is 2. The van der Waals surface area contributed by atoms with Gasteiger partial charge in [0.2, 0.25) is 0 Å². The molecule has 0 fully saturated rings. The van der Waals surface area contributed by atoms with Gasteiger partial charge in [-0.1, -0.05) is 53.2 Å². The van der Waals surface area contributed by atoms with Gasteiger partial charge in [-0.25, -0.2) is 0 Å². The van der Waals surface area contributed by atoms with E-state index in [9.17, 15) is 33.0 Å². The molecule has 1 aromatic carbocycles. The zero-order valence-corrected chi connectivity index (χ0v) is 23.7. The van der Waals surface area contributed by atoms with Gasteiger partial charge in [-0.05, 0) is 91.5 Å². The Balaban J connectivity index is 3.63. The molecule has 39 heavy (non-hydrogen) atoms. The zero-order chi connectivity index (χ0) is 30.0. The molecule has 0 aliphatic rings. The van der Waals surface area contributed by atoms with Gasteiger partial charge >= 0.3 is 6.18 Å². The van der Waals surface area contributed by atoms with Gasteiger partial charge in [0, 0.05) is 11.1 Å². The number of hydrogen-bond donors (Lipinski definition) is 2. The van der Waals surface area contributed by atoms with Crippen LogP contribution in [0, 0.1) is 5.41 Å². The Kier molecular flexibility index (Phi) is 12.4. The second-order valence-electron chi connectivity index (χ2n) is 10.4. The van der Waals surface area contributed by atoms with Crippen LogP contribution in [0.2, 0.25) is 0 Å². The Morgan fingerprint density at radius 1 is 0.821 bits per heavy atom. The number of aliphatic hydroxyl groups excluding tert-OH is 2. The van der Waals surface area contributed by atoms with E-state index in [1.165, 1.54) is 31.2 Å². The average molecular weight is 545 g/mol. The van der Waals surface area contributed by atoms with E-state index in [1.807, 2.05) is 53.7 Å². The maximum atomic E-state index is 13.9. The van der Waals surface area contributed by atoms with E-state index in [1.54, 1.807) is 6.08 Å². The summed E-state index contributed by atoms with van der Waals surface area (Å²) in [5.74, 6) is -1.37. The fraction of sp³-hybridized carbons (Fsp3) is 0.375. The normalized spacial score (nSPS) is 13.3. The van der Waals surface area contributed by atoms with Gasteiger partial charge in [-0.2, -0.15) is 13.2 Å². The van der Waals surface area contributed by atoms with E-state index in [-0.39, 0.29) is 36.2 Å². The SMILES string of the molecule is CC(C)=CC/C(C(=O)C(C=O)(CC=C(C)C)CC=C(C)C)=C(O)/C(C)=C(O)/C=C/c1ccc(C(F)(F)F)cc1. The summed E-state index contributed by atoms with van der Waals surface area (Å²) in [4.78, 5) is 26.4. The van der Waals surface area contributed by atoms with Crippen molar-refractivity contribution in [1.29, 1.82) is 0 Å². The van der Waals surface area contributed by atoms with Crippen LogP contribution in [0.25, 0.3) is 6.08 Å². The fourth-order valence-electron chi connectivity index (χ4n) is 3.53. The van der Waals surface area contributed by atoms with Gasteiger partial charge in [-0.15, -0.1) is 0 Å². The van der Waals surface area contributed by atoms with E-state index < -0.39 is 28.7 Å². The van der Waals surface area contributed by atoms with Gasteiger partial charge in [0.25, 0.3) is 0 Å². The molecule has 0 unspecified atom stereocenters. The largest absolute Gasteiger partial charge is 0.508 e. The van der Waals surface area contributed by atoms with Crippen LogP contribution in [0.1, 0.15) is 78.9 Å². The maximum absolute atomic E-state index is 13.9. The highest BCUT2D eigenvalue weighted by Gasteiger charge is 2.39. The van der Waals surface area contributed by atoms with Crippen LogP contribution in [0.5, 0.6) is 0 Å². The summed E-state index contributed by atoms with van der Waals surface area (Å²) in [6.07, 6.45) is 4.52. The van der Waals surface area contributed by atoms with Crippen molar-refractivity contribution in [2.45, 2.75) is 73.9 Å². The van der Waals surface area contributed by atoms with Gasteiger partial charge < -0.3 is 15.0 Å². The van der Waals surface area contributed by atoms with E-state index in [2.05, 4.69) is 0 Å². The van der Waals surface area contributed by atoms with Crippen molar-refractivity contribution >= 4 is 18.1 Å². The molecule has 1 aromatic rings. The number of benzene rings is 1. The van der Waals surface area contributed by atoms with E-state index >= 15 is 0 Å². The van der Waals surface area contributed by atoms with Crippen molar-refractivity contribution in [2.75, 3.05) is 0 Å². The Hall–Kier alpha value is -3.61. The molecule has 0 aromatic heterocycles. The summed E-state index contributed by atoms with van der Waals surface area (Å²) in [5, 5.41) is 21.8. The van der Waals surface area contributed by atoms with Gasteiger partial charge in [0.15, 0.2) is 5.78 Å². The lowest BCUT2D eigenvalue weighted by Gasteiger charge is -2.26. The van der Waals surface area contributed by atoms with Crippen molar-refractivity contribution in [3.63, 3.8) is 0 Å². The van der Waals surface area contributed by atoms with Gasteiger partial charge in [0.05, 0.1) is 11.0 Å². The van der Waals surface area contributed by atoms with Crippen molar-refractivity contribution in [2.24, 2.45) is 5.41 Å². The molecule has 0 amide bonds. The second kappa shape index (κ2) is 14.5. The molecule has 7 heteroatoms. The molecule has 212 valence electrons. The summed E-state index contributed by atoms with van der Waals surface area (Å²) >= 11 is 0. The van der Waals surface area contributed by atoms with Crippen molar-refractivity contribution in [3.05, 3.63) is 99.1 Å². The predicted octanol–water partition coefficient (Wildman–Crippen LogP) is 9.19. The number of ketones is 1. The van der Waals surface area contributed by atoms with Crippen molar-refractivity contribution < 1.29 is 33.0 Å². The predicted molar refractivity (Wildman–Crippen MR) is 151 cm³/mol. The number of rotatable bonds is 12.